The fraction of sp³-hybridized carbons (Fsp3) is 0.403. The summed E-state index contributed by atoms with van der Waals surface area (Å²) >= 11 is 0. The molecule has 1 aliphatic rings. The molecule has 13 atom stereocenters. The lowest BCUT2D eigenvalue weighted by atomic mass is 9.97. The molecule has 0 saturated carbocycles. The second-order valence-corrected chi connectivity index (χ2v) is 24.6. The summed E-state index contributed by atoms with van der Waals surface area (Å²) in [7, 11) is 0. The first-order valence-electron chi connectivity index (χ1n) is 31.9. The summed E-state index contributed by atoms with van der Waals surface area (Å²) in [6.07, 6.45) is -5.77. The van der Waals surface area contributed by atoms with Gasteiger partial charge in [-0.25, -0.2) is 0 Å². The molecule has 0 bridgehead atoms. The van der Waals surface area contributed by atoms with Gasteiger partial charge < -0.3 is 105 Å². The highest BCUT2D eigenvalue weighted by atomic mass is 16.6. The number of rotatable bonds is 35. The number of phenols is 1. The van der Waals surface area contributed by atoms with Gasteiger partial charge in [0.2, 0.25) is 53.2 Å². The van der Waals surface area contributed by atoms with E-state index in [2.05, 4.69) is 57.5 Å². The SMILES string of the molecule is CC(C)[C@H](NC(=O)[C@H](Cc1c[nH]c2ccccc12)NC(=O)[C@H](Cc1ccc(O)cc1)NC(=O)[C@H](CC(=O)O)NC(=O)[C@H](CC(N)=O)N[C@H]1O[C@H](CO)[C@@H](O)[C@H](O)[C@H]1O)C(=O)N[C@@H](Cc1c[nH]c2ccccc12)C(=O)N[C@H](Cc1c[nH]c2ccccc12)C(=O)N[C@@H](CCCCN)C(N)=O. The van der Waals surface area contributed by atoms with Crippen LogP contribution in [-0.4, -0.2) is 197 Å². The van der Waals surface area contributed by atoms with E-state index < -0.39 is 170 Å². The predicted octanol–water partition coefficient (Wildman–Crippen LogP) is -2.12. The summed E-state index contributed by atoms with van der Waals surface area (Å²) in [6, 6.07) is 14.3. The van der Waals surface area contributed by atoms with Crippen molar-refractivity contribution < 1.29 is 83.3 Å². The highest BCUT2D eigenvalue weighted by Crippen LogP contribution is 2.25. The van der Waals surface area contributed by atoms with Crippen LogP contribution in [0, 0.1) is 5.92 Å². The minimum atomic E-state index is -2.05. The quantitative estimate of drug-likeness (QED) is 0.0189. The van der Waals surface area contributed by atoms with Crippen LogP contribution in [0.25, 0.3) is 32.7 Å². The van der Waals surface area contributed by atoms with Crippen molar-refractivity contribution in [1.29, 1.82) is 0 Å². The average Bonchev–Trinajstić information content (AvgIpc) is 1.53. The maximum absolute atomic E-state index is 15.2. The normalized spacial score (nSPS) is 18.6. The molecule has 4 aromatic carbocycles. The van der Waals surface area contributed by atoms with Gasteiger partial charge in [-0.15, -0.1) is 0 Å². The molecular formula is C67H84N14O17. The number of aromatic nitrogens is 3. The predicted molar refractivity (Wildman–Crippen MR) is 355 cm³/mol. The molecule has 1 aliphatic heterocycles. The number of carbonyl (C=O) groups excluding carboxylic acids is 9. The number of unbranched alkanes of at least 4 members (excludes halogenated alkanes) is 1. The van der Waals surface area contributed by atoms with Gasteiger partial charge in [0.1, 0.15) is 78.7 Å². The van der Waals surface area contributed by atoms with Gasteiger partial charge in [-0.05, 0) is 84.3 Å². The van der Waals surface area contributed by atoms with Crippen molar-refractivity contribution in [1.82, 2.24) is 57.5 Å². The molecule has 0 unspecified atom stereocenters. The number of nitrogens with one attached hydrogen (secondary N) is 11. The molecule has 7 aromatic rings. The van der Waals surface area contributed by atoms with Gasteiger partial charge in [0.15, 0.2) is 0 Å². The van der Waals surface area contributed by atoms with Crippen molar-refractivity contribution in [3.8, 4) is 5.75 Å². The molecule has 0 radical (unpaired) electrons. The zero-order valence-electron chi connectivity index (χ0n) is 53.7. The molecule has 23 N–H and O–H groups in total. The van der Waals surface area contributed by atoms with Crippen molar-refractivity contribution in [2.24, 2.45) is 23.1 Å². The Labute approximate surface area is 561 Å². The number of H-pyrrole nitrogens is 3. The number of aromatic amines is 3. The van der Waals surface area contributed by atoms with Crippen LogP contribution in [0.2, 0.25) is 0 Å². The third kappa shape index (κ3) is 19.3. The Morgan fingerprint density at radius 3 is 1.36 bits per heavy atom. The van der Waals surface area contributed by atoms with Gasteiger partial charge in [-0.1, -0.05) is 80.6 Å². The fourth-order valence-electron chi connectivity index (χ4n) is 11.7. The summed E-state index contributed by atoms with van der Waals surface area (Å²) < 4.78 is 5.44. The number of aliphatic carboxylic acids is 1. The number of hydrogen-bond acceptors (Lipinski definition) is 18. The Morgan fingerprint density at radius 2 is 0.918 bits per heavy atom. The zero-order valence-corrected chi connectivity index (χ0v) is 53.7. The monoisotopic (exact) mass is 1360 g/mol. The molecule has 98 heavy (non-hydrogen) atoms. The molecule has 524 valence electrons. The van der Waals surface area contributed by atoms with Crippen LogP contribution in [0.5, 0.6) is 5.75 Å². The molecule has 8 rings (SSSR count). The van der Waals surface area contributed by atoms with E-state index in [9.17, 15) is 59.4 Å². The number of aliphatic hydroxyl groups is 4. The fourth-order valence-corrected chi connectivity index (χ4v) is 11.7. The number of para-hydroxylation sites is 3. The van der Waals surface area contributed by atoms with Crippen LogP contribution < -0.4 is 59.7 Å². The Morgan fingerprint density at radius 1 is 0.500 bits per heavy atom. The molecule has 0 aliphatic carbocycles. The van der Waals surface area contributed by atoms with Crippen molar-refractivity contribution >= 4 is 91.8 Å². The maximum Gasteiger partial charge on any atom is 0.305 e. The number of carboxylic acids is 1. The topological polar surface area (TPSA) is 523 Å². The number of hydrogen-bond donors (Lipinski definition) is 20. The van der Waals surface area contributed by atoms with Crippen LogP contribution in [0.4, 0.5) is 0 Å². The Balaban J connectivity index is 1.08. The number of ether oxygens (including phenoxy) is 1. The second-order valence-electron chi connectivity index (χ2n) is 24.6. The van der Waals surface area contributed by atoms with E-state index in [-0.39, 0.29) is 31.4 Å². The van der Waals surface area contributed by atoms with E-state index in [1.165, 1.54) is 24.3 Å². The first-order chi connectivity index (χ1) is 46.8. The minimum absolute atomic E-state index is 0.0928. The summed E-state index contributed by atoms with van der Waals surface area (Å²) in [6.45, 7) is 2.70. The summed E-state index contributed by atoms with van der Waals surface area (Å²) in [5.41, 5.74) is 21.1. The van der Waals surface area contributed by atoms with Crippen LogP contribution in [-0.2, 0) is 78.4 Å². The van der Waals surface area contributed by atoms with Gasteiger partial charge in [-0.2, -0.15) is 0 Å². The maximum atomic E-state index is 15.2. The van der Waals surface area contributed by atoms with E-state index in [1.54, 1.807) is 68.8 Å². The van der Waals surface area contributed by atoms with Gasteiger partial charge in [0.05, 0.1) is 25.5 Å². The third-order valence-corrected chi connectivity index (χ3v) is 17.0. The third-order valence-electron chi connectivity index (χ3n) is 17.0. The van der Waals surface area contributed by atoms with E-state index in [0.717, 1.165) is 10.9 Å². The standard InChI is InChI=1S/C67H84N14O17/c1-33(2)55(66(97)79-48(25-36-30-72-43-15-7-4-12-40(36)43)62(93)76-47(24-35-29-71-42-14-6-3-11-39(35)42)61(92)74-45(59(70)90)17-9-10-22-68)81-65(96)49(26-37-31-73-44-16-8-5-13-41(37)44)77-60(91)46(23-34-18-20-38(83)21-19-34)75-64(95)51(28-54(85)86)78-63(94)50(27-53(69)84)80-67-58(89)57(88)56(87)52(32-82)98-67/h3-8,11-16,18-21,29-31,33,45-52,55-58,67,71-73,80,82-83,87-89H,9-10,17,22-28,32,68H2,1-2H3,(H2,69,84)(H2,70,90)(H,74,92)(H,75,95)(H,76,93)(H,77,91)(H,78,94)(H,79,97)(H,81,96)(H,85,86)/t45-,46-,47+,48-,49-,50-,51-,52+,55-,56+,57-,58+,67-/m0/s1. The number of fused-ring (bicyclic) bond motifs is 3. The number of primary amides is 2. The molecule has 31 nitrogen and oxygen atoms in total. The lowest BCUT2D eigenvalue weighted by Crippen LogP contribution is -2.66. The van der Waals surface area contributed by atoms with Crippen molar-refractivity contribution in [3.05, 3.63) is 138 Å². The average molecular weight is 1360 g/mol. The number of nitrogens with two attached hydrogens (primary N) is 3. The number of benzene rings is 4. The number of phenolic OH excluding ortho intramolecular Hbond substituents is 1. The van der Waals surface area contributed by atoms with Crippen molar-refractivity contribution in [2.45, 2.75) is 151 Å². The smallest absolute Gasteiger partial charge is 0.305 e. The van der Waals surface area contributed by atoms with E-state index in [0.29, 0.717) is 63.4 Å². The highest BCUT2D eigenvalue weighted by Gasteiger charge is 2.45. The van der Waals surface area contributed by atoms with Crippen molar-refractivity contribution in [2.75, 3.05) is 13.2 Å². The van der Waals surface area contributed by atoms with E-state index in [4.69, 9.17) is 21.9 Å². The van der Waals surface area contributed by atoms with Gasteiger partial charge >= 0.3 is 5.97 Å². The van der Waals surface area contributed by atoms with Crippen molar-refractivity contribution in [3.63, 3.8) is 0 Å². The number of amides is 9. The summed E-state index contributed by atoms with van der Waals surface area (Å²) in [5.74, 6) is -11.5. The minimum Gasteiger partial charge on any atom is -0.508 e. The Kier molecular flexibility index (Phi) is 25.6. The number of carbonyl (C=O) groups is 10. The van der Waals surface area contributed by atoms with Gasteiger partial charge in [-0.3, -0.25) is 53.3 Å². The van der Waals surface area contributed by atoms with E-state index >= 15 is 19.2 Å². The largest absolute Gasteiger partial charge is 0.508 e. The molecule has 3 aromatic heterocycles. The first-order valence-corrected chi connectivity index (χ1v) is 31.9. The summed E-state index contributed by atoms with van der Waals surface area (Å²) in [4.78, 5) is 150. The lowest BCUT2D eigenvalue weighted by Gasteiger charge is -2.41. The first kappa shape index (κ1) is 73.5. The zero-order chi connectivity index (χ0) is 70.9. The van der Waals surface area contributed by atoms with Crippen LogP contribution in [0.15, 0.2) is 116 Å². The Hall–Kier alpha value is -10.3. The lowest BCUT2D eigenvalue weighted by molar-refractivity contribution is -0.238. The number of aromatic hydroxyl groups is 1. The molecule has 0 spiro atoms. The number of carboxylic acid groups (broad SMARTS) is 1. The molecule has 31 heteroatoms. The Bertz CT molecular complexity index is 3970. The molecule has 1 fully saturated rings. The molecule has 1 saturated heterocycles. The molecule has 9 amide bonds. The summed E-state index contributed by atoms with van der Waals surface area (Å²) in [5, 5.41) is 84.5. The second kappa shape index (κ2) is 34.1. The van der Waals surface area contributed by atoms with E-state index in [1.807, 2.05) is 36.4 Å². The van der Waals surface area contributed by atoms with Gasteiger partial charge in [0.25, 0.3) is 0 Å². The molecular weight excluding hydrogens is 1270 g/mol. The van der Waals surface area contributed by atoms with Crippen LogP contribution in [0.3, 0.4) is 0 Å². The number of aliphatic hydroxyl groups excluding tert-OH is 4. The van der Waals surface area contributed by atoms with Crippen LogP contribution >= 0.6 is 0 Å². The highest BCUT2D eigenvalue weighted by molar-refractivity contribution is 6.00. The molecule has 4 heterocycles. The van der Waals surface area contributed by atoms with Gasteiger partial charge in [0, 0.05) is 77.0 Å². The van der Waals surface area contributed by atoms with Crippen LogP contribution in [0.1, 0.15) is 68.2 Å².